The number of esters is 1. The molecule has 0 aromatic heterocycles. The van der Waals surface area contributed by atoms with Crippen molar-refractivity contribution in [3.63, 3.8) is 0 Å². The first-order chi connectivity index (χ1) is 13.0. The third-order valence-electron chi connectivity index (χ3n) is 4.88. The van der Waals surface area contributed by atoms with Gasteiger partial charge in [0.05, 0.1) is 0 Å². The minimum atomic E-state index is -3.10. The van der Waals surface area contributed by atoms with Crippen LogP contribution >= 0.6 is 0 Å². The molecule has 0 saturated carbocycles. The van der Waals surface area contributed by atoms with Gasteiger partial charge in [0.1, 0.15) is 0 Å². The summed E-state index contributed by atoms with van der Waals surface area (Å²) >= 11 is -3.10. The summed E-state index contributed by atoms with van der Waals surface area (Å²) in [5.74, 6) is -0.826. The van der Waals surface area contributed by atoms with Crippen molar-refractivity contribution in [1.82, 2.24) is 0 Å². The van der Waals surface area contributed by atoms with Crippen molar-refractivity contribution in [2.75, 3.05) is 0 Å². The molecule has 0 aliphatic heterocycles. The van der Waals surface area contributed by atoms with Crippen LogP contribution in [-0.4, -0.2) is 30.7 Å². The van der Waals surface area contributed by atoms with E-state index < -0.39 is 30.9 Å². The van der Waals surface area contributed by atoms with Crippen LogP contribution in [0.3, 0.4) is 0 Å². The van der Waals surface area contributed by atoms with Gasteiger partial charge in [-0.1, -0.05) is 0 Å². The summed E-state index contributed by atoms with van der Waals surface area (Å²) in [7, 11) is 0. The van der Waals surface area contributed by atoms with Gasteiger partial charge in [-0.2, -0.15) is 0 Å². The average molecular weight is 483 g/mol. The second-order valence-electron chi connectivity index (χ2n) is 7.31. The van der Waals surface area contributed by atoms with Crippen LogP contribution in [0, 0.1) is 0 Å². The van der Waals surface area contributed by atoms with Crippen molar-refractivity contribution in [2.24, 2.45) is 0 Å². The van der Waals surface area contributed by atoms with E-state index >= 15 is 0 Å². The maximum atomic E-state index is 13.1. The van der Waals surface area contributed by atoms with E-state index in [0.717, 1.165) is 51.8 Å². The Morgan fingerprint density at radius 3 is 1.78 bits per heavy atom. The van der Waals surface area contributed by atoms with E-state index in [9.17, 15) is 9.59 Å². The number of rotatable bonds is 13. The molecule has 0 amide bonds. The molecule has 0 radical (unpaired) electrons. The number of ether oxygens (including phenoxy) is 1. The van der Waals surface area contributed by atoms with Crippen molar-refractivity contribution >= 4 is 30.7 Å². The van der Waals surface area contributed by atoms with E-state index in [-0.39, 0.29) is 5.97 Å². The Bertz CT molecular complexity index is 537. The third kappa shape index (κ3) is 8.67. The van der Waals surface area contributed by atoms with Gasteiger partial charge >= 0.3 is 170 Å². The molecule has 1 aromatic carbocycles. The van der Waals surface area contributed by atoms with Crippen molar-refractivity contribution in [3.8, 4) is 0 Å². The molecule has 27 heavy (non-hydrogen) atoms. The fraction of sp³-hybridized carbons (Fsp3) is 0.636. The average Bonchev–Trinajstić information content (AvgIpc) is 2.67. The molecule has 0 N–H and O–H groups in total. The summed E-state index contributed by atoms with van der Waals surface area (Å²) in [5, 5.41) is 0. The first-order valence-electron chi connectivity index (χ1n) is 10.4. The van der Waals surface area contributed by atoms with Crippen LogP contribution in [0.1, 0.15) is 77.9 Å². The number of unbranched alkanes of at least 4 members (excludes halogenated alkanes) is 3. The maximum absolute atomic E-state index is 13.1. The molecule has 152 valence electrons. The van der Waals surface area contributed by atoms with Gasteiger partial charge in [-0.3, -0.25) is 0 Å². The Morgan fingerprint density at radius 1 is 0.889 bits per heavy atom. The fourth-order valence-electron chi connectivity index (χ4n) is 3.34. The topological polar surface area (TPSA) is 52.6 Å². The minimum absolute atomic E-state index is 0.365. The molecule has 0 spiro atoms. The molecule has 4 nitrogen and oxygen atoms in total. The van der Waals surface area contributed by atoms with Gasteiger partial charge in [-0.05, 0) is 0 Å². The number of hydrogen-bond donors (Lipinski definition) is 0. The van der Waals surface area contributed by atoms with Gasteiger partial charge < -0.3 is 0 Å². The molecule has 0 heterocycles. The zero-order valence-electron chi connectivity index (χ0n) is 17.5. The van der Waals surface area contributed by atoms with Gasteiger partial charge in [0.15, 0.2) is 0 Å². The Balaban J connectivity index is 3.08. The predicted molar refractivity (Wildman–Crippen MR) is 112 cm³/mol. The van der Waals surface area contributed by atoms with Crippen LogP contribution < -0.4 is 0 Å². The van der Waals surface area contributed by atoms with E-state index in [0.29, 0.717) is 5.56 Å². The molecule has 0 aliphatic rings. The molecule has 0 aliphatic carbocycles. The quantitative estimate of drug-likeness (QED) is 0.249. The molecule has 0 saturated heterocycles. The van der Waals surface area contributed by atoms with Crippen LogP contribution in [-0.2, 0) is 17.4 Å². The van der Waals surface area contributed by atoms with E-state index in [2.05, 4.69) is 20.8 Å². The Kier molecular flexibility index (Phi) is 11.7. The Morgan fingerprint density at radius 2 is 1.37 bits per heavy atom. The van der Waals surface area contributed by atoms with E-state index in [1.54, 1.807) is 0 Å². The summed E-state index contributed by atoms with van der Waals surface area (Å²) in [5.41, 5.74) is 0.680. The van der Waals surface area contributed by atoms with Gasteiger partial charge in [0.25, 0.3) is 0 Å². The predicted octanol–water partition coefficient (Wildman–Crippen LogP) is 6.18. The molecule has 0 bridgehead atoms. The van der Waals surface area contributed by atoms with Gasteiger partial charge in [-0.25, -0.2) is 0 Å². The fourth-order valence-corrected chi connectivity index (χ4v) is 16.4. The second-order valence-corrected chi connectivity index (χ2v) is 18.9. The first kappa shape index (κ1) is 24.0. The van der Waals surface area contributed by atoms with Crippen LogP contribution in [0.4, 0.5) is 0 Å². The molecule has 1 rings (SSSR count). The van der Waals surface area contributed by atoms with Gasteiger partial charge in [0.2, 0.25) is 0 Å². The molecule has 5 heteroatoms. The summed E-state index contributed by atoms with van der Waals surface area (Å²) in [6.07, 6.45) is 5.72. The third-order valence-corrected chi connectivity index (χ3v) is 17.5. The van der Waals surface area contributed by atoms with Crippen LogP contribution in [0.2, 0.25) is 13.3 Å². The summed E-state index contributed by atoms with van der Waals surface area (Å²) in [4.78, 5) is 24.7. The molecular weight excluding hydrogens is 447 g/mol. The Hall–Kier alpha value is -1.04. The number of benzene rings is 1. The van der Waals surface area contributed by atoms with Crippen molar-refractivity contribution < 1.29 is 17.4 Å². The number of carbonyl (C=O) groups excluding carboxylic acids is 2. The SMILES string of the molecule is CCC[CH2][Sn]([CH2]CCC)([CH2]CCC)[O]C(=O)C(OC(C)=O)c1ccccc1. The van der Waals surface area contributed by atoms with Crippen LogP contribution in [0.15, 0.2) is 30.3 Å². The standard InChI is InChI=1S/C10H10O4.3C4H9.Sn/c1-7(11)14-9(10(12)13)8-5-3-2-4-6-8;3*1-3-4-2;/h2-6,9H,1H3,(H,12,13);3*1,3-4H2,2H3;/q;;;;+1/p-1. The number of carbonyl (C=O) groups is 2. The molecule has 0 fully saturated rings. The summed E-state index contributed by atoms with van der Waals surface area (Å²) in [6.45, 7) is 7.89. The van der Waals surface area contributed by atoms with Crippen LogP contribution in [0.5, 0.6) is 0 Å². The monoisotopic (exact) mass is 484 g/mol. The van der Waals surface area contributed by atoms with E-state index in [4.69, 9.17) is 7.81 Å². The molecular formula is C22H36O4Sn. The van der Waals surface area contributed by atoms with Gasteiger partial charge in [-0.15, -0.1) is 0 Å². The summed E-state index contributed by atoms with van der Waals surface area (Å²) < 4.78 is 14.9. The normalized spacial score (nSPS) is 12.4. The van der Waals surface area contributed by atoms with Crippen molar-refractivity contribution in [3.05, 3.63) is 35.9 Å². The molecule has 1 aromatic rings. The first-order valence-corrected chi connectivity index (χ1v) is 17.6. The Labute approximate surface area is 169 Å². The van der Waals surface area contributed by atoms with E-state index in [1.807, 2.05) is 30.3 Å². The second kappa shape index (κ2) is 13.2. The summed E-state index contributed by atoms with van der Waals surface area (Å²) in [6, 6.07) is 9.21. The molecule has 1 unspecified atom stereocenters. The number of hydrogen-bond acceptors (Lipinski definition) is 4. The van der Waals surface area contributed by atoms with E-state index in [1.165, 1.54) is 6.92 Å². The zero-order chi connectivity index (χ0) is 20.1. The zero-order valence-corrected chi connectivity index (χ0v) is 20.3. The van der Waals surface area contributed by atoms with Crippen molar-refractivity contribution in [1.29, 1.82) is 0 Å². The van der Waals surface area contributed by atoms with Crippen LogP contribution in [0.25, 0.3) is 0 Å². The van der Waals surface area contributed by atoms with Gasteiger partial charge in [0, 0.05) is 0 Å². The molecule has 1 atom stereocenters. The van der Waals surface area contributed by atoms with Crippen molar-refractivity contribution in [2.45, 2.75) is 85.6 Å².